The molecule has 2 aromatic heterocycles. The lowest BCUT2D eigenvalue weighted by atomic mass is 9.98. The maximum atomic E-state index is 4.86. The van der Waals surface area contributed by atoms with E-state index in [4.69, 9.17) is 4.98 Å². The minimum Gasteiger partial charge on any atom is -0.309 e. The number of hydrogen-bond donors (Lipinski definition) is 1. The summed E-state index contributed by atoms with van der Waals surface area (Å²) >= 11 is 1.89. The molecule has 0 aromatic carbocycles. The molecule has 1 N–H and O–H groups in total. The first kappa shape index (κ1) is 13.7. The van der Waals surface area contributed by atoms with E-state index in [1.54, 1.807) is 0 Å². The van der Waals surface area contributed by atoms with Crippen LogP contribution in [-0.2, 0) is 12.8 Å². The van der Waals surface area contributed by atoms with Crippen molar-refractivity contribution in [3.63, 3.8) is 0 Å². The zero-order valence-corrected chi connectivity index (χ0v) is 12.7. The van der Waals surface area contributed by atoms with Gasteiger partial charge < -0.3 is 5.32 Å². The molecule has 106 valence electrons. The van der Waals surface area contributed by atoms with Gasteiger partial charge in [0.1, 0.15) is 0 Å². The van der Waals surface area contributed by atoms with Gasteiger partial charge in [-0.25, -0.2) is 4.98 Å². The van der Waals surface area contributed by atoms with Crippen LogP contribution in [0, 0.1) is 0 Å². The molecule has 0 saturated carbocycles. The molecule has 1 unspecified atom stereocenters. The molecule has 4 heteroatoms. The molecule has 0 amide bonds. The molecule has 2 aromatic rings. The SMILES string of the molecule is CCCNC1CCCc2nc(Cc3ccncc3)sc21. The van der Waals surface area contributed by atoms with E-state index in [2.05, 4.69) is 29.4 Å². The van der Waals surface area contributed by atoms with Crippen molar-refractivity contribution in [2.75, 3.05) is 6.54 Å². The van der Waals surface area contributed by atoms with Crippen molar-refractivity contribution in [1.82, 2.24) is 15.3 Å². The lowest BCUT2D eigenvalue weighted by molar-refractivity contribution is 0.464. The number of nitrogens with zero attached hydrogens (tertiary/aromatic N) is 2. The summed E-state index contributed by atoms with van der Waals surface area (Å²) in [5.41, 5.74) is 2.63. The number of fused-ring (bicyclic) bond motifs is 1. The average Bonchev–Trinajstić information content (AvgIpc) is 2.89. The van der Waals surface area contributed by atoms with E-state index in [0.29, 0.717) is 6.04 Å². The van der Waals surface area contributed by atoms with E-state index < -0.39 is 0 Å². The van der Waals surface area contributed by atoms with Crippen molar-refractivity contribution in [3.05, 3.63) is 45.7 Å². The summed E-state index contributed by atoms with van der Waals surface area (Å²) < 4.78 is 0. The Kier molecular flexibility index (Phi) is 4.43. The van der Waals surface area contributed by atoms with Gasteiger partial charge in [-0.15, -0.1) is 11.3 Å². The van der Waals surface area contributed by atoms with E-state index in [1.165, 1.54) is 40.4 Å². The Morgan fingerprint density at radius 2 is 2.20 bits per heavy atom. The third-order valence-corrected chi connectivity index (χ3v) is 4.95. The van der Waals surface area contributed by atoms with Gasteiger partial charge >= 0.3 is 0 Å². The standard InChI is InChI=1S/C16H21N3S/c1-2-8-18-13-4-3-5-14-16(13)20-15(19-14)11-12-6-9-17-10-7-12/h6-7,9-10,13,18H,2-5,8,11H2,1H3. The Morgan fingerprint density at radius 1 is 1.35 bits per heavy atom. The lowest BCUT2D eigenvalue weighted by Gasteiger charge is -2.22. The number of hydrogen-bond acceptors (Lipinski definition) is 4. The van der Waals surface area contributed by atoms with Crippen LogP contribution >= 0.6 is 11.3 Å². The van der Waals surface area contributed by atoms with E-state index >= 15 is 0 Å². The third-order valence-electron chi connectivity index (χ3n) is 3.74. The van der Waals surface area contributed by atoms with Crippen molar-refractivity contribution < 1.29 is 0 Å². The van der Waals surface area contributed by atoms with Gasteiger partial charge in [-0.1, -0.05) is 6.92 Å². The van der Waals surface area contributed by atoms with Gasteiger partial charge in [-0.2, -0.15) is 0 Å². The molecule has 20 heavy (non-hydrogen) atoms. The topological polar surface area (TPSA) is 37.8 Å². The first-order valence-corrected chi connectivity index (χ1v) is 8.29. The molecular weight excluding hydrogens is 266 g/mol. The Balaban J connectivity index is 1.77. The lowest BCUT2D eigenvalue weighted by Crippen LogP contribution is -2.24. The van der Waals surface area contributed by atoms with Gasteiger partial charge in [-0.3, -0.25) is 4.98 Å². The van der Waals surface area contributed by atoms with Crippen LogP contribution in [-0.4, -0.2) is 16.5 Å². The summed E-state index contributed by atoms with van der Waals surface area (Å²) in [6.45, 7) is 3.32. The van der Waals surface area contributed by atoms with Crippen LogP contribution in [0.25, 0.3) is 0 Å². The highest BCUT2D eigenvalue weighted by molar-refractivity contribution is 7.11. The van der Waals surface area contributed by atoms with Crippen LogP contribution in [0.4, 0.5) is 0 Å². The zero-order valence-electron chi connectivity index (χ0n) is 11.9. The van der Waals surface area contributed by atoms with Crippen LogP contribution in [0.15, 0.2) is 24.5 Å². The fraction of sp³-hybridized carbons (Fsp3) is 0.500. The normalized spacial score (nSPS) is 17.9. The monoisotopic (exact) mass is 287 g/mol. The Labute approximate surface area is 124 Å². The molecule has 1 aliphatic carbocycles. The Morgan fingerprint density at radius 3 is 3.00 bits per heavy atom. The second kappa shape index (κ2) is 6.46. The first-order chi connectivity index (χ1) is 9.86. The second-order valence-electron chi connectivity index (χ2n) is 5.35. The second-order valence-corrected chi connectivity index (χ2v) is 6.46. The molecule has 0 bridgehead atoms. The van der Waals surface area contributed by atoms with Crippen LogP contribution in [0.5, 0.6) is 0 Å². The smallest absolute Gasteiger partial charge is 0.0975 e. The fourth-order valence-corrected chi connectivity index (χ4v) is 3.99. The summed E-state index contributed by atoms with van der Waals surface area (Å²) in [6.07, 6.45) is 9.49. The van der Waals surface area contributed by atoms with E-state index in [0.717, 1.165) is 19.4 Å². The predicted molar refractivity (Wildman–Crippen MR) is 83.1 cm³/mol. The molecule has 3 rings (SSSR count). The number of aromatic nitrogens is 2. The maximum Gasteiger partial charge on any atom is 0.0975 e. The minimum absolute atomic E-state index is 0.530. The van der Waals surface area contributed by atoms with Gasteiger partial charge in [0, 0.05) is 29.7 Å². The maximum absolute atomic E-state index is 4.86. The molecule has 0 saturated heterocycles. The van der Waals surface area contributed by atoms with Crippen LogP contribution in [0.3, 0.4) is 0 Å². The summed E-state index contributed by atoms with van der Waals surface area (Å²) in [6, 6.07) is 4.68. The molecule has 0 spiro atoms. The fourth-order valence-electron chi connectivity index (χ4n) is 2.73. The van der Waals surface area contributed by atoms with Crippen LogP contribution < -0.4 is 5.32 Å². The highest BCUT2D eigenvalue weighted by atomic mass is 32.1. The van der Waals surface area contributed by atoms with Crippen molar-refractivity contribution in [1.29, 1.82) is 0 Å². The highest BCUT2D eigenvalue weighted by Crippen LogP contribution is 2.34. The molecule has 1 aliphatic rings. The molecule has 0 fully saturated rings. The van der Waals surface area contributed by atoms with Crippen molar-refractivity contribution in [2.45, 2.75) is 45.1 Å². The average molecular weight is 287 g/mol. The van der Waals surface area contributed by atoms with Crippen molar-refractivity contribution >= 4 is 11.3 Å². The van der Waals surface area contributed by atoms with Gasteiger partial charge in [-0.05, 0) is 49.9 Å². The molecular formula is C16H21N3S. The summed E-state index contributed by atoms with van der Waals surface area (Å²) in [4.78, 5) is 10.4. The summed E-state index contributed by atoms with van der Waals surface area (Å²) in [5, 5.41) is 4.91. The zero-order chi connectivity index (χ0) is 13.8. The number of thiazole rings is 1. The van der Waals surface area contributed by atoms with Crippen LogP contribution in [0.2, 0.25) is 0 Å². The van der Waals surface area contributed by atoms with E-state index in [9.17, 15) is 0 Å². The summed E-state index contributed by atoms with van der Waals surface area (Å²) in [5.74, 6) is 0. The van der Waals surface area contributed by atoms with Crippen molar-refractivity contribution in [2.24, 2.45) is 0 Å². The molecule has 1 atom stereocenters. The quantitative estimate of drug-likeness (QED) is 0.914. The van der Waals surface area contributed by atoms with Gasteiger partial charge in [0.15, 0.2) is 0 Å². The minimum atomic E-state index is 0.530. The Hall–Kier alpha value is -1.26. The molecule has 2 heterocycles. The van der Waals surface area contributed by atoms with Crippen molar-refractivity contribution in [3.8, 4) is 0 Å². The third kappa shape index (κ3) is 3.07. The Bertz CT molecular complexity index is 550. The first-order valence-electron chi connectivity index (χ1n) is 7.47. The highest BCUT2D eigenvalue weighted by Gasteiger charge is 2.23. The number of rotatable bonds is 5. The van der Waals surface area contributed by atoms with E-state index in [1.807, 2.05) is 23.7 Å². The van der Waals surface area contributed by atoms with Gasteiger partial charge in [0.2, 0.25) is 0 Å². The molecule has 3 nitrogen and oxygen atoms in total. The van der Waals surface area contributed by atoms with Gasteiger partial charge in [0.25, 0.3) is 0 Å². The molecule has 0 aliphatic heterocycles. The molecule has 0 radical (unpaired) electrons. The largest absolute Gasteiger partial charge is 0.309 e. The van der Waals surface area contributed by atoms with Gasteiger partial charge in [0.05, 0.1) is 10.7 Å². The number of pyridine rings is 1. The summed E-state index contributed by atoms with van der Waals surface area (Å²) in [7, 11) is 0. The number of aryl methyl sites for hydroxylation is 1. The van der Waals surface area contributed by atoms with E-state index in [-0.39, 0.29) is 0 Å². The van der Waals surface area contributed by atoms with Crippen LogP contribution in [0.1, 0.15) is 53.4 Å². The number of nitrogens with one attached hydrogen (secondary N) is 1. The predicted octanol–water partition coefficient (Wildman–Crippen LogP) is 3.51.